The van der Waals surface area contributed by atoms with Gasteiger partial charge in [-0.05, 0) is 66.7 Å². The lowest BCUT2D eigenvalue weighted by Crippen LogP contribution is -1.95. The Labute approximate surface area is 205 Å². The first kappa shape index (κ1) is 19.1. The fourth-order valence-electron chi connectivity index (χ4n) is 4.32. The summed E-state index contributed by atoms with van der Waals surface area (Å²) in [6.07, 6.45) is 0. The summed E-state index contributed by atoms with van der Waals surface area (Å²) < 4.78 is 6.62. The summed E-state index contributed by atoms with van der Waals surface area (Å²) in [6, 6.07) is 23.7. The van der Waals surface area contributed by atoms with Crippen molar-refractivity contribution < 1.29 is 0 Å². The number of hydrogen-bond acceptors (Lipinski definition) is 0. The molecule has 0 saturated heterocycles. The fraction of sp³-hybridized carbons (Fsp3) is 0. The van der Waals surface area contributed by atoms with Crippen LogP contribution in [0.5, 0.6) is 0 Å². The Morgan fingerprint density at radius 2 is 1.07 bits per heavy atom. The predicted molar refractivity (Wildman–Crippen MR) is 141 cm³/mol. The Morgan fingerprint density at radius 3 is 1.70 bits per heavy atom. The number of fused-ring (bicyclic) bond motifs is 6. The number of hydrogen-bond donors (Lipinski definition) is 1. The highest BCUT2D eigenvalue weighted by Gasteiger charge is 2.17. The number of nitrogens with one attached hydrogen (secondary N) is 1. The first-order chi connectivity index (χ1) is 14.5. The zero-order valence-electron chi connectivity index (χ0n) is 15.3. The van der Waals surface area contributed by atoms with E-state index >= 15 is 0 Å². The van der Waals surface area contributed by atoms with Gasteiger partial charge in [0, 0.05) is 45.0 Å². The Morgan fingerprint density at radius 1 is 0.533 bits per heavy atom. The number of aromatic amines is 1. The summed E-state index contributed by atoms with van der Waals surface area (Å²) in [5, 5.41) is 4.83. The van der Waals surface area contributed by atoms with Crippen molar-refractivity contribution >= 4 is 107 Å². The van der Waals surface area contributed by atoms with Crippen LogP contribution in [0.3, 0.4) is 0 Å². The van der Waals surface area contributed by atoms with Crippen molar-refractivity contribution in [3.8, 4) is 5.69 Å². The normalized spacial score (nSPS) is 12.0. The molecule has 4 aromatic carbocycles. The second kappa shape index (κ2) is 6.95. The lowest BCUT2D eigenvalue weighted by atomic mass is 10.1. The molecule has 6 heteroatoms. The molecule has 0 aliphatic heterocycles. The monoisotopic (exact) mass is 644 g/mol. The van der Waals surface area contributed by atoms with Crippen LogP contribution in [0, 0.1) is 0 Å². The van der Waals surface area contributed by atoms with Crippen molar-refractivity contribution in [2.24, 2.45) is 0 Å². The standard InChI is InChI=1S/C24H12Br4N2/c25-12-1-4-20-16(7-12)19-10-15(28)11-23(24(19)29-20)30-21-5-2-13(26)8-17(21)18-9-14(27)3-6-22(18)30/h1-11,29H. The van der Waals surface area contributed by atoms with Gasteiger partial charge in [-0.1, -0.05) is 63.7 Å². The van der Waals surface area contributed by atoms with Crippen molar-refractivity contribution in [2.45, 2.75) is 0 Å². The molecule has 0 saturated carbocycles. The van der Waals surface area contributed by atoms with Crippen LogP contribution in [0.25, 0.3) is 49.3 Å². The van der Waals surface area contributed by atoms with Gasteiger partial charge < -0.3 is 9.55 Å². The third-order valence-corrected chi connectivity index (χ3v) is 7.48. The first-order valence-electron chi connectivity index (χ1n) is 9.30. The second-order valence-electron chi connectivity index (χ2n) is 7.32. The Balaban J connectivity index is 1.83. The van der Waals surface area contributed by atoms with Crippen molar-refractivity contribution in [2.75, 3.05) is 0 Å². The highest BCUT2D eigenvalue weighted by molar-refractivity contribution is 9.11. The highest BCUT2D eigenvalue weighted by Crippen LogP contribution is 2.40. The van der Waals surface area contributed by atoms with Gasteiger partial charge in [0.05, 0.1) is 22.2 Å². The molecule has 2 nitrogen and oxygen atoms in total. The number of halogens is 4. The smallest absolute Gasteiger partial charge is 0.0714 e. The van der Waals surface area contributed by atoms with Crippen molar-refractivity contribution in [1.82, 2.24) is 9.55 Å². The molecule has 0 spiro atoms. The minimum Gasteiger partial charge on any atom is -0.353 e. The van der Waals surface area contributed by atoms with E-state index in [-0.39, 0.29) is 0 Å². The molecule has 1 N–H and O–H groups in total. The fourth-order valence-corrected chi connectivity index (χ4v) is 5.85. The zero-order chi connectivity index (χ0) is 20.6. The van der Waals surface area contributed by atoms with Crippen LogP contribution < -0.4 is 0 Å². The van der Waals surface area contributed by atoms with Crippen LogP contribution in [-0.4, -0.2) is 9.55 Å². The van der Waals surface area contributed by atoms with E-state index in [9.17, 15) is 0 Å². The minimum atomic E-state index is 1.05. The molecule has 0 radical (unpaired) electrons. The molecule has 2 aromatic heterocycles. The molecule has 0 amide bonds. The maximum atomic E-state index is 3.76. The number of rotatable bonds is 1. The van der Waals surface area contributed by atoms with Crippen molar-refractivity contribution in [3.05, 3.63) is 84.6 Å². The van der Waals surface area contributed by atoms with E-state index in [1.165, 1.54) is 32.6 Å². The summed E-state index contributed by atoms with van der Waals surface area (Å²) in [6.45, 7) is 0. The van der Waals surface area contributed by atoms with Gasteiger partial charge in [0.15, 0.2) is 0 Å². The average molecular weight is 648 g/mol. The summed E-state index contributed by atoms with van der Waals surface area (Å²) in [4.78, 5) is 3.66. The predicted octanol–water partition coefficient (Wildman–Crippen LogP) is 9.47. The summed E-state index contributed by atoms with van der Waals surface area (Å²) in [5.41, 5.74) is 5.71. The number of benzene rings is 4. The van der Waals surface area contributed by atoms with Gasteiger partial charge in [0.25, 0.3) is 0 Å². The molecule has 30 heavy (non-hydrogen) atoms. The van der Waals surface area contributed by atoms with Gasteiger partial charge in [-0.2, -0.15) is 0 Å². The third-order valence-electron chi connectivity index (χ3n) is 5.54. The van der Waals surface area contributed by atoms with Crippen molar-refractivity contribution in [1.29, 1.82) is 0 Å². The van der Waals surface area contributed by atoms with Crippen molar-refractivity contribution in [3.63, 3.8) is 0 Å². The molecular formula is C24H12Br4N2. The van der Waals surface area contributed by atoms with E-state index in [1.54, 1.807) is 0 Å². The van der Waals surface area contributed by atoms with Crippen LogP contribution in [0.4, 0.5) is 0 Å². The lowest BCUT2D eigenvalue weighted by molar-refractivity contribution is 1.19. The maximum Gasteiger partial charge on any atom is 0.0714 e. The van der Waals surface area contributed by atoms with E-state index in [1.807, 2.05) is 0 Å². The number of aromatic nitrogens is 2. The van der Waals surface area contributed by atoms with Crippen LogP contribution in [0.15, 0.2) is 84.6 Å². The van der Waals surface area contributed by atoms with E-state index in [0.717, 1.165) is 34.6 Å². The molecule has 0 atom stereocenters. The summed E-state index contributed by atoms with van der Waals surface area (Å²) in [5.74, 6) is 0. The number of H-pyrrole nitrogens is 1. The molecular weight excluding hydrogens is 636 g/mol. The lowest BCUT2D eigenvalue weighted by Gasteiger charge is -2.10. The van der Waals surface area contributed by atoms with Crippen LogP contribution >= 0.6 is 63.7 Å². The Kier molecular flexibility index (Phi) is 4.43. The van der Waals surface area contributed by atoms with Gasteiger partial charge in [0.2, 0.25) is 0 Å². The van der Waals surface area contributed by atoms with Crippen LogP contribution in [0.1, 0.15) is 0 Å². The molecule has 0 bridgehead atoms. The van der Waals surface area contributed by atoms with E-state index in [2.05, 4.69) is 140 Å². The Bertz CT molecular complexity index is 1580. The molecule has 6 rings (SSSR count). The minimum absolute atomic E-state index is 1.05. The molecule has 0 aliphatic rings. The molecule has 6 aromatic rings. The van der Waals surface area contributed by atoms with E-state index < -0.39 is 0 Å². The maximum absolute atomic E-state index is 3.76. The summed E-state index contributed by atoms with van der Waals surface area (Å²) in [7, 11) is 0. The average Bonchev–Trinajstić information content (AvgIpc) is 3.22. The second-order valence-corrected chi connectivity index (χ2v) is 11.0. The van der Waals surface area contributed by atoms with Crippen LogP contribution in [0.2, 0.25) is 0 Å². The van der Waals surface area contributed by atoms with Gasteiger partial charge in [-0.15, -0.1) is 0 Å². The molecule has 2 heterocycles. The SMILES string of the molecule is Brc1ccc2[nH]c3c(-n4c5ccc(Br)cc5c5cc(Br)ccc54)cc(Br)cc3c2c1. The number of nitrogens with zero attached hydrogens (tertiary/aromatic N) is 1. The molecule has 0 aliphatic carbocycles. The largest absolute Gasteiger partial charge is 0.353 e. The Hall–Kier alpha value is -1.60. The van der Waals surface area contributed by atoms with E-state index in [0.29, 0.717) is 0 Å². The first-order valence-corrected chi connectivity index (χ1v) is 12.5. The van der Waals surface area contributed by atoms with E-state index in [4.69, 9.17) is 0 Å². The zero-order valence-corrected chi connectivity index (χ0v) is 21.7. The van der Waals surface area contributed by atoms with Gasteiger partial charge in [-0.3, -0.25) is 0 Å². The topological polar surface area (TPSA) is 20.7 Å². The van der Waals surface area contributed by atoms with Gasteiger partial charge >= 0.3 is 0 Å². The van der Waals surface area contributed by atoms with Gasteiger partial charge in [0.1, 0.15) is 0 Å². The summed E-state index contributed by atoms with van der Waals surface area (Å²) >= 11 is 14.7. The highest BCUT2D eigenvalue weighted by atomic mass is 79.9. The van der Waals surface area contributed by atoms with Gasteiger partial charge in [-0.25, -0.2) is 0 Å². The third kappa shape index (κ3) is 2.84. The molecule has 146 valence electrons. The molecule has 0 unspecified atom stereocenters. The molecule has 0 fully saturated rings. The van der Waals surface area contributed by atoms with Crippen LogP contribution in [-0.2, 0) is 0 Å². The quantitative estimate of drug-likeness (QED) is 0.184.